The van der Waals surface area contributed by atoms with Gasteiger partial charge in [-0.3, -0.25) is 19.8 Å². The molecule has 0 spiro atoms. The molecule has 0 radical (unpaired) electrons. The summed E-state index contributed by atoms with van der Waals surface area (Å²) in [5.41, 5.74) is 0.166. The topological polar surface area (TPSA) is 68.1 Å². The van der Waals surface area contributed by atoms with Crippen LogP contribution in [0.15, 0.2) is 60.7 Å². The first-order valence-electron chi connectivity index (χ1n) is 8.10. The third-order valence-electron chi connectivity index (χ3n) is 5.05. The molecular weight excluding hydrogens is 322 g/mol. The van der Waals surface area contributed by atoms with Crippen molar-refractivity contribution in [1.82, 2.24) is 10.1 Å². The van der Waals surface area contributed by atoms with Crippen molar-refractivity contribution < 1.29 is 14.6 Å². The smallest absolute Gasteiger partial charge is 0.264 e. The number of fused-ring (bicyclic) bond motifs is 1. The van der Waals surface area contributed by atoms with Crippen LogP contribution in [0.1, 0.15) is 23.2 Å². The van der Waals surface area contributed by atoms with Gasteiger partial charge in [0, 0.05) is 19.0 Å². The number of rotatable bonds is 3. The highest BCUT2D eigenvalue weighted by Crippen LogP contribution is 2.56. The summed E-state index contributed by atoms with van der Waals surface area (Å²) in [5, 5.41) is 15.6. The van der Waals surface area contributed by atoms with Gasteiger partial charge in [-0.25, -0.2) is 0 Å². The van der Waals surface area contributed by atoms with E-state index in [4.69, 9.17) is 9.68 Å². The van der Waals surface area contributed by atoms with E-state index in [0.29, 0.717) is 0 Å². The van der Waals surface area contributed by atoms with Gasteiger partial charge in [0.15, 0.2) is 0 Å². The Kier molecular flexibility index (Phi) is 3.81. The average Bonchev–Trinajstić information content (AvgIpc) is 3.05. The standard InChI is InChI=1S/C18H19N3O4/c1-19-15(13-9-5-3-6-10-13)18(21(22)23)16(14-11-7-4-8-12-14)20(2)25-17(18)24-19/h3-12,15-17H,1-2H3/t15-,16+,17?,18?. The van der Waals surface area contributed by atoms with Crippen LogP contribution in [0.4, 0.5) is 0 Å². The highest BCUT2D eigenvalue weighted by atomic mass is 16.9. The molecule has 25 heavy (non-hydrogen) atoms. The molecular formula is C18H19N3O4. The van der Waals surface area contributed by atoms with Crippen molar-refractivity contribution in [2.75, 3.05) is 14.1 Å². The van der Waals surface area contributed by atoms with Crippen LogP contribution >= 0.6 is 0 Å². The largest absolute Gasteiger partial charge is 0.318 e. The molecule has 2 fully saturated rings. The van der Waals surface area contributed by atoms with E-state index < -0.39 is 23.9 Å². The molecule has 2 aliphatic rings. The van der Waals surface area contributed by atoms with Gasteiger partial charge in [0.05, 0.1) is 0 Å². The monoisotopic (exact) mass is 341 g/mol. The third kappa shape index (κ3) is 2.21. The Bertz CT molecular complexity index is 715. The molecule has 0 aliphatic carbocycles. The molecule has 2 unspecified atom stereocenters. The molecule has 130 valence electrons. The molecule has 0 bridgehead atoms. The van der Waals surface area contributed by atoms with E-state index in [1.165, 1.54) is 0 Å². The number of nitrogens with zero attached hydrogens (tertiary/aromatic N) is 3. The minimum absolute atomic E-state index is 0.236. The molecule has 7 heteroatoms. The van der Waals surface area contributed by atoms with Crippen molar-refractivity contribution in [2.24, 2.45) is 0 Å². The maximum atomic E-state index is 12.5. The summed E-state index contributed by atoms with van der Waals surface area (Å²) in [6, 6.07) is 17.7. The van der Waals surface area contributed by atoms with Crippen LogP contribution in [-0.4, -0.2) is 41.0 Å². The fourth-order valence-electron chi connectivity index (χ4n) is 4.11. The Morgan fingerprint density at radius 2 is 1.28 bits per heavy atom. The lowest BCUT2D eigenvalue weighted by Gasteiger charge is -2.32. The lowest BCUT2D eigenvalue weighted by atomic mass is 9.77. The number of benzene rings is 2. The number of nitro groups is 1. The number of hydroxylamine groups is 4. The van der Waals surface area contributed by atoms with Crippen molar-refractivity contribution >= 4 is 0 Å². The van der Waals surface area contributed by atoms with Crippen LogP contribution in [0.2, 0.25) is 0 Å². The Morgan fingerprint density at radius 3 is 1.64 bits per heavy atom. The Hall–Kier alpha value is -2.32. The van der Waals surface area contributed by atoms with Crippen molar-refractivity contribution in [3.8, 4) is 0 Å². The van der Waals surface area contributed by atoms with E-state index in [1.807, 2.05) is 60.7 Å². The van der Waals surface area contributed by atoms with Crippen LogP contribution < -0.4 is 0 Å². The quantitative estimate of drug-likeness (QED) is 0.631. The van der Waals surface area contributed by atoms with Gasteiger partial charge >= 0.3 is 5.54 Å². The van der Waals surface area contributed by atoms with Crippen LogP contribution in [0, 0.1) is 10.1 Å². The molecule has 2 aromatic carbocycles. The Balaban J connectivity index is 1.92. The van der Waals surface area contributed by atoms with E-state index >= 15 is 0 Å². The van der Waals surface area contributed by atoms with Gasteiger partial charge < -0.3 is 0 Å². The zero-order valence-corrected chi connectivity index (χ0v) is 14.0. The van der Waals surface area contributed by atoms with Crippen LogP contribution in [0.25, 0.3) is 0 Å². The summed E-state index contributed by atoms with van der Waals surface area (Å²) in [5.74, 6) is 0. The summed E-state index contributed by atoms with van der Waals surface area (Å²) in [7, 11) is 3.43. The molecule has 2 heterocycles. The SMILES string of the molecule is CN1OC2ON(C)[C@H](c3ccccc3)C2([N+](=O)[O-])[C@@H]1c1ccccc1. The van der Waals surface area contributed by atoms with Gasteiger partial charge in [-0.1, -0.05) is 60.7 Å². The van der Waals surface area contributed by atoms with E-state index in [9.17, 15) is 10.1 Å². The lowest BCUT2D eigenvalue weighted by molar-refractivity contribution is -0.584. The molecule has 4 atom stereocenters. The second-order valence-electron chi connectivity index (χ2n) is 6.41. The van der Waals surface area contributed by atoms with Gasteiger partial charge in [-0.05, 0) is 11.1 Å². The van der Waals surface area contributed by atoms with Crippen molar-refractivity contribution in [3.05, 3.63) is 81.9 Å². The molecule has 4 rings (SSSR count). The molecule has 7 nitrogen and oxygen atoms in total. The van der Waals surface area contributed by atoms with Gasteiger partial charge in [-0.15, -0.1) is 0 Å². The fourth-order valence-corrected chi connectivity index (χ4v) is 4.11. The predicted molar refractivity (Wildman–Crippen MR) is 89.6 cm³/mol. The number of hydrogen-bond acceptors (Lipinski definition) is 6. The summed E-state index contributed by atoms with van der Waals surface area (Å²) < 4.78 is 0. The summed E-state index contributed by atoms with van der Waals surface area (Å²) >= 11 is 0. The minimum atomic E-state index is -1.48. The Labute approximate surface area is 145 Å². The van der Waals surface area contributed by atoms with E-state index in [1.54, 1.807) is 24.2 Å². The second kappa shape index (κ2) is 5.89. The zero-order chi connectivity index (χ0) is 17.6. The van der Waals surface area contributed by atoms with Crippen LogP contribution in [-0.2, 0) is 9.68 Å². The first-order chi connectivity index (χ1) is 12.1. The summed E-state index contributed by atoms with van der Waals surface area (Å²) in [6.45, 7) is 0. The highest BCUT2D eigenvalue weighted by Gasteiger charge is 2.76. The van der Waals surface area contributed by atoms with Crippen molar-refractivity contribution in [2.45, 2.75) is 23.9 Å². The third-order valence-corrected chi connectivity index (χ3v) is 5.05. The van der Waals surface area contributed by atoms with Crippen molar-refractivity contribution in [3.63, 3.8) is 0 Å². The second-order valence-corrected chi connectivity index (χ2v) is 6.41. The number of hydrogen-bond donors (Lipinski definition) is 0. The van der Waals surface area contributed by atoms with E-state index in [0.717, 1.165) is 11.1 Å². The lowest BCUT2D eigenvalue weighted by Crippen LogP contribution is -2.52. The van der Waals surface area contributed by atoms with E-state index in [-0.39, 0.29) is 4.92 Å². The van der Waals surface area contributed by atoms with Crippen LogP contribution in [0.5, 0.6) is 0 Å². The fraction of sp³-hybridized carbons (Fsp3) is 0.333. The predicted octanol–water partition coefficient (Wildman–Crippen LogP) is 2.56. The Morgan fingerprint density at radius 1 is 0.880 bits per heavy atom. The maximum absolute atomic E-state index is 12.5. The summed E-state index contributed by atoms with van der Waals surface area (Å²) in [4.78, 5) is 23.8. The zero-order valence-electron chi connectivity index (χ0n) is 14.0. The summed E-state index contributed by atoms with van der Waals surface area (Å²) in [6.07, 6.45) is -0.993. The first-order valence-corrected chi connectivity index (χ1v) is 8.10. The van der Waals surface area contributed by atoms with Gasteiger partial charge in [0.1, 0.15) is 12.1 Å². The van der Waals surface area contributed by atoms with Crippen molar-refractivity contribution in [1.29, 1.82) is 0 Å². The van der Waals surface area contributed by atoms with Gasteiger partial charge in [-0.2, -0.15) is 10.1 Å². The minimum Gasteiger partial charge on any atom is -0.264 e. The molecule has 2 aliphatic heterocycles. The first kappa shape index (κ1) is 16.2. The molecule has 2 aromatic rings. The highest BCUT2D eigenvalue weighted by molar-refractivity contribution is 5.31. The number of likely N-dealkylation sites (N-methyl/N-ethyl adjacent to an activating group) is 2. The molecule has 2 saturated heterocycles. The van der Waals surface area contributed by atoms with Crippen LogP contribution in [0.3, 0.4) is 0 Å². The molecule has 0 saturated carbocycles. The maximum Gasteiger partial charge on any atom is 0.318 e. The average molecular weight is 341 g/mol. The van der Waals surface area contributed by atoms with E-state index in [2.05, 4.69) is 0 Å². The molecule has 0 aromatic heterocycles. The van der Waals surface area contributed by atoms with Gasteiger partial charge in [0.2, 0.25) is 0 Å². The molecule has 0 amide bonds. The van der Waals surface area contributed by atoms with Gasteiger partial charge in [0.25, 0.3) is 6.29 Å². The molecule has 0 N–H and O–H groups in total. The normalized spacial score (nSPS) is 32.6.